The molecule has 0 saturated carbocycles. The first-order chi connectivity index (χ1) is 16.3. The van der Waals surface area contributed by atoms with Crippen LogP contribution < -0.4 is 19.6 Å². The van der Waals surface area contributed by atoms with Crippen LogP contribution >= 0.6 is 39.1 Å². The molecular weight excluding hydrogens is 543 g/mol. The Kier molecular flexibility index (Phi) is 9.21. The van der Waals surface area contributed by atoms with Gasteiger partial charge < -0.3 is 14.2 Å². The maximum absolute atomic E-state index is 12.1. The van der Waals surface area contributed by atoms with Gasteiger partial charge in [0.05, 0.1) is 13.3 Å². The number of benzene rings is 3. The summed E-state index contributed by atoms with van der Waals surface area (Å²) in [6.45, 7) is 3.89. The van der Waals surface area contributed by atoms with E-state index in [0.717, 1.165) is 15.6 Å². The van der Waals surface area contributed by atoms with Crippen molar-refractivity contribution in [2.45, 2.75) is 20.5 Å². The van der Waals surface area contributed by atoms with Crippen molar-refractivity contribution >= 4 is 51.3 Å². The third kappa shape index (κ3) is 6.88. The maximum Gasteiger partial charge on any atom is 0.277 e. The molecule has 0 aromatic heterocycles. The lowest BCUT2D eigenvalue weighted by Crippen LogP contribution is -2.25. The zero-order valence-corrected chi connectivity index (χ0v) is 21.9. The normalized spacial score (nSPS) is 10.9. The molecule has 0 heterocycles. The number of nitrogens with zero attached hydrogens (tertiary/aromatic N) is 1. The minimum Gasteiger partial charge on any atom is -0.493 e. The van der Waals surface area contributed by atoms with Crippen LogP contribution in [-0.4, -0.2) is 25.8 Å². The lowest BCUT2D eigenvalue weighted by atomic mass is 10.1. The van der Waals surface area contributed by atoms with Crippen molar-refractivity contribution in [1.29, 1.82) is 0 Å². The largest absolute Gasteiger partial charge is 0.493 e. The summed E-state index contributed by atoms with van der Waals surface area (Å²) in [6.07, 6.45) is 1.51. The molecule has 0 bridgehead atoms. The number of rotatable bonds is 9. The molecule has 34 heavy (non-hydrogen) atoms. The molecule has 1 N–H and O–H groups in total. The monoisotopic (exact) mass is 564 g/mol. The van der Waals surface area contributed by atoms with Gasteiger partial charge >= 0.3 is 0 Å². The SMILES string of the molecule is COc1cc(/C=N/NC(=O)COc2c(C)cc(Br)cc2C)ccc1OCc1c(Cl)cccc1Cl. The molecule has 0 unspecified atom stereocenters. The van der Waals surface area contributed by atoms with Gasteiger partial charge in [-0.3, -0.25) is 4.79 Å². The second-order valence-corrected chi connectivity index (χ2v) is 9.08. The van der Waals surface area contributed by atoms with Crippen molar-refractivity contribution in [1.82, 2.24) is 5.43 Å². The van der Waals surface area contributed by atoms with E-state index in [1.54, 1.807) is 36.4 Å². The van der Waals surface area contributed by atoms with E-state index in [0.29, 0.717) is 38.4 Å². The zero-order chi connectivity index (χ0) is 24.7. The van der Waals surface area contributed by atoms with E-state index in [1.807, 2.05) is 26.0 Å². The van der Waals surface area contributed by atoms with Gasteiger partial charge in [0, 0.05) is 20.1 Å². The van der Waals surface area contributed by atoms with E-state index in [1.165, 1.54) is 13.3 Å². The fourth-order valence-corrected chi connectivity index (χ4v) is 4.37. The van der Waals surface area contributed by atoms with Gasteiger partial charge in [-0.25, -0.2) is 5.43 Å². The summed E-state index contributed by atoms with van der Waals surface area (Å²) in [7, 11) is 1.54. The maximum atomic E-state index is 12.1. The lowest BCUT2D eigenvalue weighted by Gasteiger charge is -2.13. The molecule has 0 radical (unpaired) electrons. The number of hydrogen-bond donors (Lipinski definition) is 1. The third-order valence-electron chi connectivity index (χ3n) is 4.80. The summed E-state index contributed by atoms with van der Waals surface area (Å²) in [5.41, 5.74) is 5.74. The van der Waals surface area contributed by atoms with E-state index >= 15 is 0 Å². The summed E-state index contributed by atoms with van der Waals surface area (Å²) in [5.74, 6) is 1.33. The van der Waals surface area contributed by atoms with E-state index in [-0.39, 0.29) is 19.1 Å². The molecule has 0 spiro atoms. The number of carbonyl (C=O) groups excluding carboxylic acids is 1. The highest BCUT2D eigenvalue weighted by atomic mass is 79.9. The molecule has 6 nitrogen and oxygen atoms in total. The number of methoxy groups -OCH3 is 1. The molecule has 3 aromatic rings. The predicted octanol–water partition coefficient (Wildman–Crippen LogP) is 6.49. The molecule has 3 aromatic carbocycles. The van der Waals surface area contributed by atoms with E-state index in [4.69, 9.17) is 37.4 Å². The average Bonchev–Trinajstić information content (AvgIpc) is 2.78. The molecule has 0 aliphatic rings. The smallest absolute Gasteiger partial charge is 0.277 e. The second kappa shape index (κ2) is 12.1. The summed E-state index contributed by atoms with van der Waals surface area (Å²) < 4.78 is 17.9. The number of halogens is 3. The van der Waals surface area contributed by atoms with Crippen molar-refractivity contribution in [3.63, 3.8) is 0 Å². The fourth-order valence-electron chi connectivity index (χ4n) is 3.18. The minimum absolute atomic E-state index is 0.151. The molecule has 1 amide bonds. The summed E-state index contributed by atoms with van der Waals surface area (Å²) in [4.78, 5) is 12.1. The first-order valence-corrected chi connectivity index (χ1v) is 11.8. The van der Waals surface area contributed by atoms with Gasteiger partial charge in [-0.2, -0.15) is 5.10 Å². The van der Waals surface area contributed by atoms with Crippen LogP contribution in [0.1, 0.15) is 22.3 Å². The Labute approximate surface area is 216 Å². The summed E-state index contributed by atoms with van der Waals surface area (Å²) in [5, 5.41) is 5.05. The predicted molar refractivity (Wildman–Crippen MR) is 139 cm³/mol. The third-order valence-corrected chi connectivity index (χ3v) is 5.96. The lowest BCUT2D eigenvalue weighted by molar-refractivity contribution is -0.123. The Morgan fingerprint density at radius 3 is 2.35 bits per heavy atom. The van der Waals surface area contributed by atoms with Crippen LogP contribution in [0.4, 0.5) is 0 Å². The minimum atomic E-state index is -0.374. The van der Waals surface area contributed by atoms with E-state index < -0.39 is 0 Å². The molecule has 3 rings (SSSR count). The summed E-state index contributed by atoms with van der Waals surface area (Å²) >= 11 is 15.8. The molecule has 178 valence electrons. The van der Waals surface area contributed by atoms with E-state index in [2.05, 4.69) is 26.5 Å². The van der Waals surface area contributed by atoms with Crippen LogP contribution in [0.25, 0.3) is 0 Å². The number of aryl methyl sites for hydroxylation is 2. The van der Waals surface area contributed by atoms with Crippen molar-refractivity contribution in [2.24, 2.45) is 5.10 Å². The molecule has 0 atom stereocenters. The van der Waals surface area contributed by atoms with Crippen LogP contribution in [0.2, 0.25) is 10.0 Å². The van der Waals surface area contributed by atoms with Crippen LogP contribution in [0.15, 0.2) is 58.1 Å². The van der Waals surface area contributed by atoms with Crippen LogP contribution in [-0.2, 0) is 11.4 Å². The first-order valence-electron chi connectivity index (χ1n) is 10.2. The van der Waals surface area contributed by atoms with Crippen LogP contribution in [0, 0.1) is 13.8 Å². The summed E-state index contributed by atoms with van der Waals surface area (Å²) in [6, 6.07) is 14.4. The van der Waals surface area contributed by atoms with Gasteiger partial charge in [0.1, 0.15) is 12.4 Å². The second-order valence-electron chi connectivity index (χ2n) is 7.35. The van der Waals surface area contributed by atoms with Gasteiger partial charge in [0.2, 0.25) is 0 Å². The number of carbonyl (C=O) groups is 1. The molecule has 9 heteroatoms. The van der Waals surface area contributed by atoms with Gasteiger partial charge in [-0.1, -0.05) is 45.2 Å². The van der Waals surface area contributed by atoms with Crippen LogP contribution in [0.3, 0.4) is 0 Å². The Morgan fingerprint density at radius 1 is 1.03 bits per heavy atom. The van der Waals surface area contributed by atoms with Gasteiger partial charge in [0.25, 0.3) is 5.91 Å². The Balaban J connectivity index is 1.57. The molecular formula is C25H23BrCl2N2O4. The zero-order valence-electron chi connectivity index (χ0n) is 18.8. The van der Waals surface area contributed by atoms with Gasteiger partial charge in [-0.05, 0) is 73.0 Å². The topological polar surface area (TPSA) is 69.2 Å². The van der Waals surface area contributed by atoms with Gasteiger partial charge in [-0.15, -0.1) is 0 Å². The average molecular weight is 566 g/mol. The first kappa shape index (κ1) is 25.9. The Hall–Kier alpha value is -2.74. The van der Waals surface area contributed by atoms with Crippen molar-refractivity contribution in [3.05, 3.63) is 85.3 Å². The molecule has 0 saturated heterocycles. The molecule has 0 aliphatic carbocycles. The molecule has 0 fully saturated rings. The highest BCUT2D eigenvalue weighted by molar-refractivity contribution is 9.10. The number of hydrogen-bond acceptors (Lipinski definition) is 5. The fraction of sp³-hybridized carbons (Fsp3) is 0.200. The van der Waals surface area contributed by atoms with Crippen molar-refractivity contribution in [3.8, 4) is 17.2 Å². The Morgan fingerprint density at radius 2 is 1.71 bits per heavy atom. The molecule has 0 aliphatic heterocycles. The van der Waals surface area contributed by atoms with Gasteiger partial charge in [0.15, 0.2) is 18.1 Å². The van der Waals surface area contributed by atoms with Crippen LogP contribution in [0.5, 0.6) is 17.2 Å². The van der Waals surface area contributed by atoms with E-state index in [9.17, 15) is 4.79 Å². The highest BCUT2D eigenvalue weighted by Gasteiger charge is 2.11. The standard InChI is InChI=1S/C25H23BrCl2N2O4/c1-15-9-18(26)10-16(2)25(15)34-14-24(31)30-29-12-17-7-8-22(23(11-17)32-3)33-13-19-20(27)5-4-6-21(19)28/h4-12H,13-14H2,1-3H3,(H,30,31)/b29-12+. The number of ether oxygens (including phenoxy) is 3. The number of hydrazone groups is 1. The van der Waals surface area contributed by atoms with Crippen molar-refractivity contribution < 1.29 is 19.0 Å². The highest BCUT2D eigenvalue weighted by Crippen LogP contribution is 2.31. The quantitative estimate of drug-likeness (QED) is 0.238. The number of nitrogens with one attached hydrogen (secondary N) is 1. The van der Waals surface area contributed by atoms with Crippen molar-refractivity contribution in [2.75, 3.05) is 13.7 Å². The Bertz CT molecular complexity index is 1170. The number of amides is 1.